The van der Waals surface area contributed by atoms with Crippen molar-refractivity contribution in [2.45, 2.75) is 38.1 Å². The van der Waals surface area contributed by atoms with Crippen LogP contribution in [0.15, 0.2) is 48.5 Å². The topological polar surface area (TPSA) is 12.0 Å². The quantitative estimate of drug-likeness (QED) is 0.851. The fourth-order valence-corrected chi connectivity index (χ4v) is 3.74. The van der Waals surface area contributed by atoms with Crippen molar-refractivity contribution in [1.82, 2.24) is 5.32 Å². The van der Waals surface area contributed by atoms with E-state index >= 15 is 0 Å². The van der Waals surface area contributed by atoms with Crippen LogP contribution in [0.25, 0.3) is 0 Å². The zero-order chi connectivity index (χ0) is 14.7. The van der Waals surface area contributed by atoms with Gasteiger partial charge in [-0.25, -0.2) is 0 Å². The van der Waals surface area contributed by atoms with Crippen LogP contribution in [0.3, 0.4) is 0 Å². The smallest absolute Gasteiger partial charge is 0.0438 e. The van der Waals surface area contributed by atoms with E-state index in [2.05, 4.69) is 48.6 Å². The van der Waals surface area contributed by atoms with Crippen molar-refractivity contribution in [2.24, 2.45) is 0 Å². The minimum absolute atomic E-state index is 0.457. The van der Waals surface area contributed by atoms with Crippen LogP contribution in [-0.2, 0) is 12.8 Å². The lowest BCUT2D eigenvalue weighted by atomic mass is 9.88. The normalized spacial score (nSPS) is 18.5. The molecule has 1 aliphatic rings. The average Bonchev–Trinajstić information content (AvgIpc) is 2.93. The number of hydrogen-bond donors (Lipinski definition) is 1. The third-order valence-corrected chi connectivity index (χ3v) is 4.90. The van der Waals surface area contributed by atoms with Crippen LogP contribution in [0.2, 0.25) is 5.02 Å². The fourth-order valence-electron chi connectivity index (χ4n) is 3.53. The van der Waals surface area contributed by atoms with E-state index in [4.69, 9.17) is 11.6 Å². The number of rotatable bonds is 5. The van der Waals surface area contributed by atoms with Crippen LogP contribution in [0, 0.1) is 0 Å². The molecule has 2 heteroatoms. The number of fused-ring (bicyclic) bond motifs is 1. The van der Waals surface area contributed by atoms with Gasteiger partial charge in [0.2, 0.25) is 0 Å². The second-order valence-corrected chi connectivity index (χ2v) is 6.21. The molecule has 0 bridgehead atoms. The van der Waals surface area contributed by atoms with Gasteiger partial charge in [-0.2, -0.15) is 0 Å². The molecule has 1 aliphatic carbocycles. The summed E-state index contributed by atoms with van der Waals surface area (Å²) in [5.74, 6) is 0.595. The van der Waals surface area contributed by atoms with Crippen LogP contribution >= 0.6 is 11.6 Å². The average molecular weight is 300 g/mol. The predicted octanol–water partition coefficient (Wildman–Crippen LogP) is 4.59. The van der Waals surface area contributed by atoms with Gasteiger partial charge in [-0.1, -0.05) is 61.0 Å². The van der Waals surface area contributed by atoms with Crippen LogP contribution in [0.1, 0.15) is 36.0 Å². The summed E-state index contributed by atoms with van der Waals surface area (Å²) in [6.45, 7) is 3.17. The van der Waals surface area contributed by atoms with Crippen molar-refractivity contribution in [1.29, 1.82) is 0 Å². The van der Waals surface area contributed by atoms with Crippen LogP contribution in [0.4, 0.5) is 0 Å². The molecule has 1 N–H and O–H groups in total. The summed E-state index contributed by atoms with van der Waals surface area (Å²) in [6, 6.07) is 17.5. The molecular weight excluding hydrogens is 278 g/mol. The van der Waals surface area contributed by atoms with Gasteiger partial charge in [0.15, 0.2) is 0 Å². The van der Waals surface area contributed by atoms with Gasteiger partial charge in [0.25, 0.3) is 0 Å². The van der Waals surface area contributed by atoms with Gasteiger partial charge in [0.1, 0.15) is 0 Å². The molecule has 0 radical (unpaired) electrons. The number of benzene rings is 2. The third kappa shape index (κ3) is 3.14. The number of nitrogens with one attached hydrogen (secondary N) is 1. The molecule has 2 aromatic rings. The van der Waals surface area contributed by atoms with Gasteiger partial charge < -0.3 is 5.32 Å². The molecule has 21 heavy (non-hydrogen) atoms. The molecule has 2 aromatic carbocycles. The van der Waals surface area contributed by atoms with Gasteiger partial charge in [0.05, 0.1) is 0 Å². The maximum atomic E-state index is 6.35. The van der Waals surface area contributed by atoms with Crippen LogP contribution < -0.4 is 5.32 Å². The van der Waals surface area contributed by atoms with Crippen molar-refractivity contribution in [3.63, 3.8) is 0 Å². The molecule has 0 aliphatic heterocycles. The maximum Gasteiger partial charge on any atom is 0.0438 e. The molecule has 1 nitrogen and oxygen atoms in total. The lowest BCUT2D eigenvalue weighted by molar-refractivity contribution is 0.435. The highest BCUT2D eigenvalue weighted by Gasteiger charge is 2.29. The number of likely N-dealkylation sites (N-methyl/N-ethyl adjacent to an activating group) is 1. The monoisotopic (exact) mass is 299 g/mol. The Balaban J connectivity index is 1.84. The summed E-state index contributed by atoms with van der Waals surface area (Å²) in [7, 11) is 0. The molecule has 0 aromatic heterocycles. The van der Waals surface area contributed by atoms with Gasteiger partial charge in [-0.15, -0.1) is 0 Å². The summed E-state index contributed by atoms with van der Waals surface area (Å²) in [6.07, 6.45) is 3.43. The summed E-state index contributed by atoms with van der Waals surface area (Å²) in [5.41, 5.74) is 4.29. The molecule has 2 atom stereocenters. The highest BCUT2D eigenvalue weighted by molar-refractivity contribution is 6.31. The highest BCUT2D eigenvalue weighted by atomic mass is 35.5. The van der Waals surface area contributed by atoms with Crippen molar-refractivity contribution < 1.29 is 0 Å². The van der Waals surface area contributed by atoms with Gasteiger partial charge in [-0.05, 0) is 48.6 Å². The van der Waals surface area contributed by atoms with Gasteiger partial charge >= 0.3 is 0 Å². The highest BCUT2D eigenvalue weighted by Crippen LogP contribution is 2.36. The number of hydrogen-bond acceptors (Lipinski definition) is 1. The fraction of sp³-hybridized carbons (Fsp3) is 0.368. The molecule has 0 spiro atoms. The Hall–Kier alpha value is -1.31. The second-order valence-electron chi connectivity index (χ2n) is 5.80. The molecule has 110 valence electrons. The standard InChI is InChI=1S/C19H22ClN/c1-2-21-19(13-15-8-4-6-10-18(15)20)17-12-11-14-7-3-5-9-16(14)17/h3-10,17,19,21H,2,11-13H2,1H3. The first-order chi connectivity index (χ1) is 10.3. The first-order valence-electron chi connectivity index (χ1n) is 7.84. The van der Waals surface area contributed by atoms with Crippen molar-refractivity contribution in [3.05, 3.63) is 70.2 Å². The minimum atomic E-state index is 0.457. The first-order valence-corrected chi connectivity index (χ1v) is 8.22. The molecular formula is C19H22ClN. The Bertz CT molecular complexity index is 608. The van der Waals surface area contributed by atoms with Gasteiger partial charge in [-0.3, -0.25) is 0 Å². The van der Waals surface area contributed by atoms with E-state index < -0.39 is 0 Å². The van der Waals surface area contributed by atoms with Crippen molar-refractivity contribution in [2.75, 3.05) is 6.54 Å². The number of halogens is 1. The molecule has 3 rings (SSSR count). The molecule has 0 saturated heterocycles. The van der Waals surface area contributed by atoms with E-state index in [-0.39, 0.29) is 0 Å². The first kappa shape index (κ1) is 14.6. The van der Waals surface area contributed by atoms with E-state index in [9.17, 15) is 0 Å². The van der Waals surface area contributed by atoms with Crippen molar-refractivity contribution in [3.8, 4) is 0 Å². The van der Waals surface area contributed by atoms with Crippen molar-refractivity contribution >= 4 is 11.6 Å². The Morgan fingerprint density at radius 1 is 1.14 bits per heavy atom. The molecule has 0 heterocycles. The third-order valence-electron chi connectivity index (χ3n) is 4.53. The van der Waals surface area contributed by atoms with E-state index in [0.717, 1.165) is 18.0 Å². The van der Waals surface area contributed by atoms with Gasteiger partial charge in [0, 0.05) is 17.0 Å². The molecule has 0 saturated carbocycles. The Morgan fingerprint density at radius 2 is 1.90 bits per heavy atom. The molecule has 0 amide bonds. The van der Waals surface area contributed by atoms with E-state index in [0.29, 0.717) is 12.0 Å². The maximum absolute atomic E-state index is 6.35. The Kier molecular flexibility index (Phi) is 4.62. The lowest BCUT2D eigenvalue weighted by Crippen LogP contribution is -2.36. The zero-order valence-electron chi connectivity index (χ0n) is 12.5. The zero-order valence-corrected chi connectivity index (χ0v) is 13.2. The summed E-state index contributed by atoms with van der Waals surface area (Å²) >= 11 is 6.35. The van der Waals surface area contributed by atoms with E-state index in [1.807, 2.05) is 12.1 Å². The summed E-state index contributed by atoms with van der Waals surface area (Å²) in [5, 5.41) is 4.56. The Labute approximate surface area is 132 Å². The summed E-state index contributed by atoms with van der Waals surface area (Å²) in [4.78, 5) is 0. The molecule has 2 unspecified atom stereocenters. The Morgan fingerprint density at radius 3 is 2.71 bits per heavy atom. The number of aryl methyl sites for hydroxylation is 1. The van der Waals surface area contributed by atoms with E-state index in [1.165, 1.54) is 29.5 Å². The van der Waals surface area contributed by atoms with Crippen LogP contribution in [0.5, 0.6) is 0 Å². The SMILES string of the molecule is CCNC(Cc1ccccc1Cl)C1CCc2ccccc21. The summed E-state index contributed by atoms with van der Waals surface area (Å²) < 4.78 is 0. The largest absolute Gasteiger partial charge is 0.313 e. The second kappa shape index (κ2) is 6.64. The van der Waals surface area contributed by atoms with Crippen LogP contribution in [-0.4, -0.2) is 12.6 Å². The van der Waals surface area contributed by atoms with E-state index in [1.54, 1.807) is 0 Å². The minimum Gasteiger partial charge on any atom is -0.313 e. The lowest BCUT2D eigenvalue weighted by Gasteiger charge is -2.26. The predicted molar refractivity (Wildman–Crippen MR) is 90.1 cm³/mol. The molecule has 0 fully saturated rings.